The molecule has 2 atom stereocenters. The van der Waals surface area contributed by atoms with Gasteiger partial charge in [0.25, 0.3) is 0 Å². The highest BCUT2D eigenvalue weighted by Crippen LogP contribution is 2.33. The van der Waals surface area contributed by atoms with Gasteiger partial charge in [-0.3, -0.25) is 0 Å². The van der Waals surface area contributed by atoms with Gasteiger partial charge in [0, 0.05) is 11.6 Å². The van der Waals surface area contributed by atoms with Crippen molar-refractivity contribution in [2.45, 2.75) is 70.4 Å². The maximum absolute atomic E-state index is 9.85. The highest BCUT2D eigenvalue weighted by atomic mass is 16.3. The summed E-state index contributed by atoms with van der Waals surface area (Å²) in [5.41, 5.74) is 0.00197. The number of nitrogens with zero attached hydrogens (tertiary/aromatic N) is 1. The quantitative estimate of drug-likeness (QED) is 0.803. The lowest BCUT2D eigenvalue weighted by atomic mass is 9.78. The molecule has 1 saturated heterocycles. The Kier molecular flexibility index (Phi) is 5.67. The van der Waals surface area contributed by atoms with E-state index < -0.39 is 0 Å². The number of nitrogens with one attached hydrogen (secondary N) is 1. The molecule has 112 valence electrons. The molecule has 1 heterocycles. The van der Waals surface area contributed by atoms with E-state index in [1.165, 1.54) is 38.8 Å². The summed E-state index contributed by atoms with van der Waals surface area (Å²) >= 11 is 0. The summed E-state index contributed by atoms with van der Waals surface area (Å²) in [6, 6.07) is 0.692. The van der Waals surface area contributed by atoms with E-state index in [2.05, 4.69) is 24.1 Å². The molecule has 2 fully saturated rings. The Morgan fingerprint density at radius 3 is 2.63 bits per heavy atom. The van der Waals surface area contributed by atoms with Crippen molar-refractivity contribution >= 4 is 0 Å². The van der Waals surface area contributed by atoms with Crippen molar-refractivity contribution in [3.63, 3.8) is 0 Å². The Morgan fingerprint density at radius 1 is 1.26 bits per heavy atom. The first kappa shape index (κ1) is 15.3. The summed E-state index contributed by atoms with van der Waals surface area (Å²) in [5.74, 6) is 0.903. The zero-order chi connectivity index (χ0) is 13.7. The van der Waals surface area contributed by atoms with Crippen LogP contribution in [0.1, 0.15) is 58.8 Å². The molecule has 3 heteroatoms. The van der Waals surface area contributed by atoms with Gasteiger partial charge < -0.3 is 15.3 Å². The number of rotatable bonds is 5. The minimum atomic E-state index is 0.00197. The molecule has 0 spiro atoms. The lowest BCUT2D eigenvalue weighted by molar-refractivity contribution is 0.0442. The maximum atomic E-state index is 9.85. The van der Waals surface area contributed by atoms with Crippen LogP contribution in [0.2, 0.25) is 0 Å². The molecule has 2 N–H and O–H groups in total. The van der Waals surface area contributed by atoms with Gasteiger partial charge >= 0.3 is 0 Å². The standard InChI is InChI=1S/C16H32N2O/c1-3-9-17-16(13-19)8-4-5-15(12-16)18-10-6-14(2)7-11-18/h14-15,17,19H,3-13H2,1-2H3. The molecular weight excluding hydrogens is 236 g/mol. The summed E-state index contributed by atoms with van der Waals surface area (Å²) in [7, 11) is 0. The van der Waals surface area contributed by atoms with Gasteiger partial charge in [-0.1, -0.05) is 13.8 Å². The Bertz CT molecular complexity index is 263. The number of aliphatic hydroxyl groups is 1. The first-order valence-corrected chi connectivity index (χ1v) is 8.29. The van der Waals surface area contributed by atoms with Crippen LogP contribution >= 0.6 is 0 Å². The molecule has 19 heavy (non-hydrogen) atoms. The molecule has 1 aliphatic heterocycles. The highest BCUT2D eigenvalue weighted by Gasteiger charge is 2.37. The van der Waals surface area contributed by atoms with Crippen LogP contribution < -0.4 is 5.32 Å². The Morgan fingerprint density at radius 2 is 2.00 bits per heavy atom. The van der Waals surface area contributed by atoms with Crippen molar-refractivity contribution in [1.82, 2.24) is 10.2 Å². The third-order valence-corrected chi connectivity index (χ3v) is 5.21. The molecule has 0 bridgehead atoms. The van der Waals surface area contributed by atoms with Crippen molar-refractivity contribution in [2.24, 2.45) is 5.92 Å². The predicted molar refractivity (Wildman–Crippen MR) is 80.3 cm³/mol. The van der Waals surface area contributed by atoms with Crippen molar-refractivity contribution in [3.05, 3.63) is 0 Å². The number of likely N-dealkylation sites (tertiary alicyclic amines) is 1. The van der Waals surface area contributed by atoms with Gasteiger partial charge in [0.2, 0.25) is 0 Å². The molecule has 3 nitrogen and oxygen atoms in total. The van der Waals surface area contributed by atoms with E-state index >= 15 is 0 Å². The summed E-state index contributed by atoms with van der Waals surface area (Å²) in [6.07, 6.45) is 8.71. The van der Waals surface area contributed by atoms with Crippen LogP contribution in [0.4, 0.5) is 0 Å². The summed E-state index contributed by atoms with van der Waals surface area (Å²) in [6.45, 7) is 8.43. The SMILES string of the molecule is CCCNC1(CO)CCCC(N2CCC(C)CC2)C1. The zero-order valence-electron chi connectivity index (χ0n) is 12.8. The Hall–Kier alpha value is -0.120. The minimum Gasteiger partial charge on any atom is -0.394 e. The van der Waals surface area contributed by atoms with Crippen LogP contribution in [0.25, 0.3) is 0 Å². The third-order valence-electron chi connectivity index (χ3n) is 5.21. The normalized spacial score (nSPS) is 34.6. The second kappa shape index (κ2) is 7.05. The second-order valence-corrected chi connectivity index (χ2v) is 6.83. The van der Waals surface area contributed by atoms with E-state index in [1.54, 1.807) is 0 Å². The first-order chi connectivity index (χ1) is 9.19. The van der Waals surface area contributed by atoms with E-state index in [4.69, 9.17) is 0 Å². The molecule has 1 aliphatic carbocycles. The van der Waals surface area contributed by atoms with Crippen LogP contribution in [-0.2, 0) is 0 Å². The van der Waals surface area contributed by atoms with Crippen LogP contribution in [-0.4, -0.2) is 47.8 Å². The predicted octanol–water partition coefficient (Wildman–Crippen LogP) is 2.39. The molecule has 1 saturated carbocycles. The average Bonchev–Trinajstić information content (AvgIpc) is 2.46. The Balaban J connectivity index is 1.91. The fourth-order valence-corrected chi connectivity index (χ4v) is 3.79. The molecule has 0 aromatic heterocycles. The van der Waals surface area contributed by atoms with Gasteiger partial charge in [0.15, 0.2) is 0 Å². The third kappa shape index (κ3) is 3.93. The van der Waals surface area contributed by atoms with Crippen molar-refractivity contribution < 1.29 is 5.11 Å². The van der Waals surface area contributed by atoms with E-state index in [1.807, 2.05) is 0 Å². The van der Waals surface area contributed by atoms with Gasteiger partial charge in [0.05, 0.1) is 6.61 Å². The molecule has 0 amide bonds. The van der Waals surface area contributed by atoms with Crippen molar-refractivity contribution in [2.75, 3.05) is 26.2 Å². The van der Waals surface area contributed by atoms with Crippen LogP contribution in [0.15, 0.2) is 0 Å². The average molecular weight is 268 g/mol. The van der Waals surface area contributed by atoms with Crippen LogP contribution in [0, 0.1) is 5.92 Å². The maximum Gasteiger partial charge on any atom is 0.0613 e. The van der Waals surface area contributed by atoms with Gasteiger partial charge in [-0.2, -0.15) is 0 Å². The largest absolute Gasteiger partial charge is 0.394 e. The monoisotopic (exact) mass is 268 g/mol. The van der Waals surface area contributed by atoms with Crippen LogP contribution in [0.5, 0.6) is 0 Å². The summed E-state index contributed by atoms with van der Waals surface area (Å²) < 4.78 is 0. The van der Waals surface area contributed by atoms with Crippen molar-refractivity contribution in [1.29, 1.82) is 0 Å². The topological polar surface area (TPSA) is 35.5 Å². The van der Waals surface area contributed by atoms with E-state index in [-0.39, 0.29) is 5.54 Å². The smallest absolute Gasteiger partial charge is 0.0613 e. The summed E-state index contributed by atoms with van der Waals surface area (Å²) in [4.78, 5) is 2.69. The van der Waals surface area contributed by atoms with Gasteiger partial charge in [-0.05, 0) is 70.5 Å². The number of hydrogen-bond donors (Lipinski definition) is 2. The lowest BCUT2D eigenvalue weighted by Crippen LogP contribution is -2.56. The fraction of sp³-hybridized carbons (Fsp3) is 1.00. The van der Waals surface area contributed by atoms with Crippen LogP contribution in [0.3, 0.4) is 0 Å². The first-order valence-electron chi connectivity index (χ1n) is 8.29. The van der Waals surface area contributed by atoms with E-state index in [9.17, 15) is 5.11 Å². The van der Waals surface area contributed by atoms with Gasteiger partial charge in [-0.15, -0.1) is 0 Å². The Labute approximate surface area is 118 Å². The molecule has 0 aromatic rings. The second-order valence-electron chi connectivity index (χ2n) is 6.83. The lowest BCUT2D eigenvalue weighted by Gasteiger charge is -2.46. The summed E-state index contributed by atoms with van der Waals surface area (Å²) in [5, 5.41) is 13.5. The minimum absolute atomic E-state index is 0.00197. The molecule has 0 aromatic carbocycles. The fourth-order valence-electron chi connectivity index (χ4n) is 3.79. The van der Waals surface area contributed by atoms with E-state index in [0.717, 1.165) is 31.7 Å². The number of aliphatic hydroxyl groups excluding tert-OH is 1. The number of hydrogen-bond acceptors (Lipinski definition) is 3. The molecule has 2 aliphatic rings. The zero-order valence-corrected chi connectivity index (χ0v) is 12.8. The van der Waals surface area contributed by atoms with Gasteiger partial charge in [0.1, 0.15) is 0 Å². The van der Waals surface area contributed by atoms with E-state index in [0.29, 0.717) is 12.6 Å². The number of piperidine rings is 1. The van der Waals surface area contributed by atoms with Crippen molar-refractivity contribution in [3.8, 4) is 0 Å². The molecule has 0 radical (unpaired) electrons. The molecule has 2 rings (SSSR count). The molecular formula is C16H32N2O. The highest BCUT2D eigenvalue weighted by molar-refractivity contribution is 4.97. The van der Waals surface area contributed by atoms with Gasteiger partial charge in [-0.25, -0.2) is 0 Å². The molecule has 2 unspecified atom stereocenters.